The highest BCUT2D eigenvalue weighted by Gasteiger charge is 2.45. The first-order valence-electron chi connectivity index (χ1n) is 18.1. The molecule has 3 aliphatic rings. The molecule has 1 aliphatic carbocycles. The third-order valence-electron chi connectivity index (χ3n) is 9.64. The number of benzene rings is 2. The number of rotatable bonds is 17. The van der Waals surface area contributed by atoms with Crippen molar-refractivity contribution in [2.45, 2.75) is 44.7 Å². The summed E-state index contributed by atoms with van der Waals surface area (Å²) < 4.78 is 19.0. The van der Waals surface area contributed by atoms with Gasteiger partial charge in [-0.2, -0.15) is 5.10 Å². The van der Waals surface area contributed by atoms with Gasteiger partial charge in [-0.3, -0.25) is 39.1 Å². The molecule has 15 nitrogen and oxygen atoms in total. The van der Waals surface area contributed by atoms with Gasteiger partial charge in [0.25, 0.3) is 11.8 Å². The van der Waals surface area contributed by atoms with E-state index in [4.69, 9.17) is 19.3 Å². The quantitative estimate of drug-likeness (QED) is 0.0622. The summed E-state index contributed by atoms with van der Waals surface area (Å²) in [5.74, 6) is -2.16. The maximum atomic E-state index is 13.2. The highest BCUT2D eigenvalue weighted by atomic mass is 16.5. The normalized spacial score (nSPS) is 17.3. The van der Waals surface area contributed by atoms with Crippen LogP contribution in [-0.2, 0) is 36.8 Å². The van der Waals surface area contributed by atoms with Gasteiger partial charge in [-0.25, -0.2) is 0 Å². The summed E-state index contributed by atoms with van der Waals surface area (Å²) in [4.78, 5) is 55.2. The average Bonchev–Trinajstić information content (AvgIpc) is 3.88. The fraction of sp³-hybridized carbons (Fsp3) is 0.359. The van der Waals surface area contributed by atoms with Crippen LogP contribution >= 0.6 is 0 Å². The SMILES string of the molecule is O=C1CCC(N2C(=O)c3cccc(NCCOCCOCCOCCCn4cc(-c5ccc6c(c5)CC/C6=N\O)c(-c5ccncc5)n4)c3C2=O)C(=O)N1. The number of anilines is 1. The Morgan fingerprint density at radius 3 is 2.39 bits per heavy atom. The van der Waals surface area contributed by atoms with Crippen LogP contribution in [0.5, 0.6) is 0 Å². The van der Waals surface area contributed by atoms with E-state index < -0.39 is 29.7 Å². The van der Waals surface area contributed by atoms with Crippen LogP contribution in [0.3, 0.4) is 0 Å². The monoisotopic (exact) mass is 735 g/mol. The van der Waals surface area contributed by atoms with Gasteiger partial charge in [0.2, 0.25) is 11.8 Å². The van der Waals surface area contributed by atoms with Crippen LogP contribution in [0.4, 0.5) is 5.69 Å². The zero-order valence-corrected chi connectivity index (χ0v) is 29.7. The van der Waals surface area contributed by atoms with E-state index in [0.717, 1.165) is 57.8 Å². The zero-order valence-electron chi connectivity index (χ0n) is 29.7. The van der Waals surface area contributed by atoms with Gasteiger partial charge in [0, 0.05) is 67.1 Å². The zero-order chi connectivity index (χ0) is 37.4. The van der Waals surface area contributed by atoms with Crippen molar-refractivity contribution in [1.29, 1.82) is 0 Å². The number of fused-ring (bicyclic) bond motifs is 2. The van der Waals surface area contributed by atoms with Crippen LogP contribution in [-0.4, -0.2) is 106 Å². The smallest absolute Gasteiger partial charge is 0.264 e. The second kappa shape index (κ2) is 16.9. The van der Waals surface area contributed by atoms with E-state index in [-0.39, 0.29) is 24.0 Å². The van der Waals surface area contributed by atoms with Crippen LogP contribution in [0.25, 0.3) is 22.4 Å². The summed E-state index contributed by atoms with van der Waals surface area (Å²) in [7, 11) is 0. The highest BCUT2D eigenvalue weighted by molar-refractivity contribution is 6.25. The summed E-state index contributed by atoms with van der Waals surface area (Å²) in [5, 5.41) is 23.0. The fourth-order valence-electron chi connectivity index (χ4n) is 7.00. The molecule has 0 bridgehead atoms. The van der Waals surface area contributed by atoms with Gasteiger partial charge in [0.1, 0.15) is 11.7 Å². The lowest BCUT2D eigenvalue weighted by Gasteiger charge is -2.27. The third kappa shape index (κ3) is 7.93. The molecule has 3 N–H and O–H groups in total. The van der Waals surface area contributed by atoms with Crippen molar-refractivity contribution in [3.8, 4) is 22.4 Å². The molecule has 2 aromatic heterocycles. The molecule has 54 heavy (non-hydrogen) atoms. The van der Waals surface area contributed by atoms with Crippen LogP contribution in [0.1, 0.15) is 57.5 Å². The molecule has 15 heteroatoms. The van der Waals surface area contributed by atoms with Gasteiger partial charge in [-0.05, 0) is 61.1 Å². The Hall–Kier alpha value is -5.77. The lowest BCUT2D eigenvalue weighted by molar-refractivity contribution is -0.136. The Morgan fingerprint density at radius 2 is 1.61 bits per heavy atom. The van der Waals surface area contributed by atoms with Crippen LogP contribution in [0.15, 0.2) is 72.3 Å². The van der Waals surface area contributed by atoms with E-state index in [1.54, 1.807) is 30.6 Å². The minimum atomic E-state index is -1.01. The number of oxime groups is 1. The van der Waals surface area contributed by atoms with E-state index in [1.165, 1.54) is 5.56 Å². The van der Waals surface area contributed by atoms with Crippen molar-refractivity contribution in [2.75, 3.05) is 51.5 Å². The first-order valence-corrected chi connectivity index (χ1v) is 18.1. The minimum Gasteiger partial charge on any atom is -0.411 e. The van der Waals surface area contributed by atoms with Gasteiger partial charge in [0.15, 0.2) is 0 Å². The van der Waals surface area contributed by atoms with Gasteiger partial charge in [0.05, 0.1) is 49.9 Å². The Balaban J connectivity index is 0.791. The third-order valence-corrected chi connectivity index (χ3v) is 9.64. The molecule has 4 amide bonds. The molecule has 0 radical (unpaired) electrons. The number of amides is 4. The number of piperidine rings is 1. The summed E-state index contributed by atoms with van der Waals surface area (Å²) in [6, 6.07) is 14.1. The molecular weight excluding hydrogens is 694 g/mol. The molecule has 0 saturated carbocycles. The Kier molecular flexibility index (Phi) is 11.5. The number of imide groups is 2. The number of aryl methyl sites for hydroxylation is 2. The topological polar surface area (TPSA) is 187 Å². The molecule has 4 aromatic rings. The number of ether oxygens (including phenoxy) is 3. The number of hydrogen-bond acceptors (Lipinski definition) is 12. The van der Waals surface area contributed by atoms with E-state index in [1.807, 2.05) is 22.9 Å². The lowest BCUT2D eigenvalue weighted by atomic mass is 9.98. The minimum absolute atomic E-state index is 0.0649. The lowest BCUT2D eigenvalue weighted by Crippen LogP contribution is -2.54. The molecule has 1 fully saturated rings. The molecule has 2 aliphatic heterocycles. The second-order valence-corrected chi connectivity index (χ2v) is 13.1. The van der Waals surface area contributed by atoms with E-state index >= 15 is 0 Å². The maximum Gasteiger partial charge on any atom is 0.264 e. The molecule has 7 rings (SSSR count). The molecule has 1 atom stereocenters. The molecule has 280 valence electrons. The van der Waals surface area contributed by atoms with Crippen molar-refractivity contribution in [2.24, 2.45) is 5.16 Å². The first kappa shape index (κ1) is 36.6. The van der Waals surface area contributed by atoms with Crippen molar-refractivity contribution >= 4 is 35.0 Å². The Morgan fingerprint density at radius 1 is 0.833 bits per heavy atom. The van der Waals surface area contributed by atoms with E-state index in [2.05, 4.69) is 39.1 Å². The standard InChI is InChI=1S/C39H41N7O8/c47-34-10-9-33(37(48)42-34)46-38(49)29-3-1-4-32(35(29)39(46)50)41-15-18-53-20-22-54-21-19-52-17-2-16-45-24-30(36(43-45)25-11-13-40-14-12-25)27-5-7-28-26(23-27)6-8-31(28)44-51/h1,3-5,7,11-14,23-24,33,41,51H,2,6,8-10,15-22H2,(H,42,47,48)/b44-31+. The van der Waals surface area contributed by atoms with Crippen molar-refractivity contribution in [3.05, 3.63) is 89.4 Å². The van der Waals surface area contributed by atoms with Crippen LogP contribution < -0.4 is 10.6 Å². The summed E-state index contributed by atoms with van der Waals surface area (Å²) in [5.41, 5.74) is 7.76. The molecule has 1 unspecified atom stereocenters. The molecule has 2 aromatic carbocycles. The number of aromatic nitrogens is 3. The van der Waals surface area contributed by atoms with Crippen LogP contribution in [0, 0.1) is 0 Å². The molecular formula is C39H41N7O8. The number of hydrogen-bond donors (Lipinski definition) is 3. The molecule has 0 spiro atoms. The molecule has 1 saturated heterocycles. The number of pyridine rings is 1. The number of carbonyl (C=O) groups excluding carboxylic acids is 4. The first-order chi connectivity index (χ1) is 26.4. The van der Waals surface area contributed by atoms with Crippen LogP contribution in [0.2, 0.25) is 0 Å². The number of carbonyl (C=O) groups is 4. The van der Waals surface area contributed by atoms with Gasteiger partial charge in [-0.1, -0.05) is 29.4 Å². The Labute approximate surface area is 311 Å². The fourth-order valence-corrected chi connectivity index (χ4v) is 7.00. The second-order valence-electron chi connectivity index (χ2n) is 13.1. The predicted octanol–water partition coefficient (Wildman–Crippen LogP) is 3.69. The summed E-state index contributed by atoms with van der Waals surface area (Å²) in [6.45, 7) is 3.60. The van der Waals surface area contributed by atoms with E-state index in [0.29, 0.717) is 58.4 Å². The molecule has 4 heterocycles. The average molecular weight is 736 g/mol. The van der Waals surface area contributed by atoms with Gasteiger partial charge < -0.3 is 24.7 Å². The van der Waals surface area contributed by atoms with Crippen molar-refractivity contribution in [1.82, 2.24) is 25.0 Å². The largest absolute Gasteiger partial charge is 0.411 e. The summed E-state index contributed by atoms with van der Waals surface area (Å²) in [6.07, 6.45) is 8.10. The Bertz CT molecular complexity index is 2060. The maximum absolute atomic E-state index is 13.2. The number of nitrogens with one attached hydrogen (secondary N) is 2. The van der Waals surface area contributed by atoms with Gasteiger partial charge >= 0.3 is 0 Å². The van der Waals surface area contributed by atoms with Crippen molar-refractivity contribution in [3.63, 3.8) is 0 Å². The van der Waals surface area contributed by atoms with Gasteiger partial charge in [-0.15, -0.1) is 0 Å². The van der Waals surface area contributed by atoms with Crippen molar-refractivity contribution < 1.29 is 38.6 Å². The summed E-state index contributed by atoms with van der Waals surface area (Å²) >= 11 is 0. The van der Waals surface area contributed by atoms with E-state index in [9.17, 15) is 24.4 Å². The predicted molar refractivity (Wildman–Crippen MR) is 196 cm³/mol. The number of nitrogens with zero attached hydrogens (tertiary/aromatic N) is 5. The highest BCUT2D eigenvalue weighted by Crippen LogP contribution is 2.35.